The highest BCUT2D eigenvalue weighted by Gasteiger charge is 1.93. The van der Waals surface area contributed by atoms with Crippen LogP contribution in [0.25, 0.3) is 0 Å². The standard InChI is InChI=1S/C3H6N6.C2H6O2/c4-1-7-2(5)9-3(6)8-1;3-1-2-4/h(H6,4,5,6,7,8,9);3-4H,1-2H2. The Balaban J connectivity index is 0.000000310. The lowest BCUT2D eigenvalue weighted by molar-refractivity contribution is 0.186. The Hall–Kier alpha value is -1.67. The Kier molecular flexibility index (Phi) is 5.15. The Morgan fingerprint density at radius 2 is 1.00 bits per heavy atom. The molecular formula is C5H12N6O2. The highest BCUT2D eigenvalue weighted by Crippen LogP contribution is 1.97. The molecule has 0 amide bonds. The summed E-state index contributed by atoms with van der Waals surface area (Å²) in [5.41, 5.74) is 15.4. The Labute approximate surface area is 74.4 Å². The average molecular weight is 188 g/mol. The average Bonchev–Trinajstić information content (AvgIpc) is 2.02. The minimum Gasteiger partial charge on any atom is -0.394 e. The minimum atomic E-state index is -0.125. The lowest BCUT2D eigenvalue weighted by atomic mass is 10.8. The molecule has 0 saturated carbocycles. The number of hydrogen-bond acceptors (Lipinski definition) is 8. The van der Waals surface area contributed by atoms with Crippen molar-refractivity contribution in [2.45, 2.75) is 0 Å². The van der Waals surface area contributed by atoms with Gasteiger partial charge in [0, 0.05) is 0 Å². The van der Waals surface area contributed by atoms with Crippen LogP contribution >= 0.6 is 0 Å². The van der Waals surface area contributed by atoms with Crippen LogP contribution in [0.2, 0.25) is 0 Å². The molecule has 8 heteroatoms. The van der Waals surface area contributed by atoms with E-state index in [1.807, 2.05) is 0 Å². The van der Waals surface area contributed by atoms with Crippen molar-refractivity contribution in [3.8, 4) is 0 Å². The first-order valence-corrected chi connectivity index (χ1v) is 3.34. The summed E-state index contributed by atoms with van der Waals surface area (Å²) in [5.74, 6) is 0.125. The van der Waals surface area contributed by atoms with Gasteiger partial charge in [0.1, 0.15) is 0 Å². The number of aliphatic hydroxyl groups excluding tert-OH is 2. The van der Waals surface area contributed by atoms with E-state index < -0.39 is 0 Å². The van der Waals surface area contributed by atoms with Gasteiger partial charge in [0.2, 0.25) is 17.8 Å². The van der Waals surface area contributed by atoms with Gasteiger partial charge in [-0.2, -0.15) is 15.0 Å². The fourth-order valence-electron chi connectivity index (χ4n) is 0.427. The van der Waals surface area contributed by atoms with Gasteiger partial charge in [-0.15, -0.1) is 0 Å². The molecule has 0 aromatic carbocycles. The summed E-state index contributed by atoms with van der Waals surface area (Å²) in [5, 5.41) is 15.2. The van der Waals surface area contributed by atoms with Gasteiger partial charge in [-0.25, -0.2) is 0 Å². The van der Waals surface area contributed by atoms with Crippen molar-refractivity contribution in [3.63, 3.8) is 0 Å². The quantitative estimate of drug-likeness (QED) is 0.326. The van der Waals surface area contributed by atoms with Gasteiger partial charge >= 0.3 is 0 Å². The van der Waals surface area contributed by atoms with E-state index in [0.29, 0.717) is 0 Å². The highest BCUT2D eigenvalue weighted by atomic mass is 16.3. The van der Waals surface area contributed by atoms with E-state index in [1.165, 1.54) is 0 Å². The zero-order valence-corrected chi connectivity index (χ0v) is 6.88. The molecule has 0 saturated heterocycles. The van der Waals surface area contributed by atoms with Gasteiger partial charge in [-0.1, -0.05) is 0 Å². The SMILES string of the molecule is Nc1nc(N)nc(N)n1.OCCO. The monoisotopic (exact) mass is 188 g/mol. The second kappa shape index (κ2) is 5.91. The van der Waals surface area contributed by atoms with E-state index in [2.05, 4.69) is 15.0 Å². The van der Waals surface area contributed by atoms with Crippen LogP contribution in [-0.4, -0.2) is 38.4 Å². The molecule has 8 N–H and O–H groups in total. The van der Waals surface area contributed by atoms with Crippen LogP contribution in [0.15, 0.2) is 0 Å². The molecule has 0 aliphatic carbocycles. The third-order valence-corrected chi connectivity index (χ3v) is 0.787. The van der Waals surface area contributed by atoms with Crippen LogP contribution in [0, 0.1) is 0 Å². The first-order valence-electron chi connectivity index (χ1n) is 3.34. The summed E-state index contributed by atoms with van der Waals surface area (Å²) < 4.78 is 0. The molecule has 0 unspecified atom stereocenters. The van der Waals surface area contributed by atoms with E-state index in [4.69, 9.17) is 27.4 Å². The molecule has 1 aromatic rings. The number of hydrogen-bond donors (Lipinski definition) is 5. The molecule has 0 aliphatic heterocycles. The van der Waals surface area contributed by atoms with Gasteiger partial charge < -0.3 is 27.4 Å². The van der Waals surface area contributed by atoms with Gasteiger partial charge in [-0.05, 0) is 0 Å². The maximum absolute atomic E-state index is 7.62. The van der Waals surface area contributed by atoms with E-state index in [1.54, 1.807) is 0 Å². The smallest absolute Gasteiger partial charge is 0.226 e. The third-order valence-electron chi connectivity index (χ3n) is 0.787. The predicted molar refractivity (Wildman–Crippen MR) is 47.2 cm³/mol. The Morgan fingerprint density at radius 1 is 0.769 bits per heavy atom. The normalized spacial score (nSPS) is 8.77. The Bertz CT molecular complexity index is 202. The van der Waals surface area contributed by atoms with Crippen LogP contribution in [0.3, 0.4) is 0 Å². The molecule has 1 heterocycles. The largest absolute Gasteiger partial charge is 0.394 e. The molecule has 0 spiro atoms. The molecule has 74 valence electrons. The summed E-state index contributed by atoms with van der Waals surface area (Å²) in [6.45, 7) is -0.250. The molecule has 1 rings (SSSR count). The summed E-state index contributed by atoms with van der Waals surface area (Å²) >= 11 is 0. The fraction of sp³-hybridized carbons (Fsp3) is 0.400. The zero-order valence-electron chi connectivity index (χ0n) is 6.88. The van der Waals surface area contributed by atoms with Crippen LogP contribution in [0.4, 0.5) is 17.8 Å². The zero-order chi connectivity index (χ0) is 10.3. The first-order chi connectivity index (χ1) is 6.10. The van der Waals surface area contributed by atoms with Gasteiger partial charge in [-0.3, -0.25) is 0 Å². The maximum atomic E-state index is 7.62. The van der Waals surface area contributed by atoms with Crippen LogP contribution in [0.1, 0.15) is 0 Å². The molecule has 0 radical (unpaired) electrons. The van der Waals surface area contributed by atoms with Gasteiger partial charge in [0.05, 0.1) is 13.2 Å². The first kappa shape index (κ1) is 11.3. The van der Waals surface area contributed by atoms with E-state index in [0.717, 1.165) is 0 Å². The van der Waals surface area contributed by atoms with E-state index >= 15 is 0 Å². The van der Waals surface area contributed by atoms with Gasteiger partial charge in [0.15, 0.2) is 0 Å². The molecule has 0 aliphatic rings. The second-order valence-corrected chi connectivity index (χ2v) is 1.86. The van der Waals surface area contributed by atoms with Gasteiger partial charge in [0.25, 0.3) is 0 Å². The molecule has 0 atom stereocenters. The summed E-state index contributed by atoms with van der Waals surface area (Å²) in [6, 6.07) is 0. The highest BCUT2D eigenvalue weighted by molar-refractivity contribution is 5.33. The van der Waals surface area contributed by atoms with Crippen molar-refractivity contribution in [1.82, 2.24) is 15.0 Å². The van der Waals surface area contributed by atoms with Crippen LogP contribution in [0.5, 0.6) is 0 Å². The molecule has 0 bridgehead atoms. The number of rotatable bonds is 1. The molecule has 1 aromatic heterocycles. The fourth-order valence-corrected chi connectivity index (χ4v) is 0.427. The van der Waals surface area contributed by atoms with Crippen molar-refractivity contribution in [2.24, 2.45) is 0 Å². The molecule has 13 heavy (non-hydrogen) atoms. The molecule has 0 fully saturated rings. The van der Waals surface area contributed by atoms with Crippen molar-refractivity contribution in [2.75, 3.05) is 30.4 Å². The van der Waals surface area contributed by atoms with Crippen molar-refractivity contribution >= 4 is 17.8 Å². The number of nitrogens with zero attached hydrogens (tertiary/aromatic N) is 3. The Morgan fingerprint density at radius 3 is 1.15 bits per heavy atom. The summed E-state index contributed by atoms with van der Waals surface area (Å²) in [4.78, 5) is 10.5. The number of aliphatic hydroxyl groups is 2. The van der Waals surface area contributed by atoms with E-state index in [-0.39, 0.29) is 31.1 Å². The second-order valence-electron chi connectivity index (χ2n) is 1.86. The summed E-state index contributed by atoms with van der Waals surface area (Å²) in [7, 11) is 0. The lowest BCUT2D eigenvalue weighted by Gasteiger charge is -1.93. The third kappa shape index (κ3) is 5.58. The number of nitrogen functional groups attached to an aromatic ring is 3. The summed E-state index contributed by atoms with van der Waals surface area (Å²) in [6.07, 6.45) is 0. The van der Waals surface area contributed by atoms with Crippen LogP contribution in [-0.2, 0) is 0 Å². The number of nitrogens with two attached hydrogens (primary N) is 3. The predicted octanol–water partition coefficient (Wildman–Crippen LogP) is -2.41. The minimum absolute atomic E-state index is 0.0417. The van der Waals surface area contributed by atoms with Crippen LogP contribution < -0.4 is 17.2 Å². The van der Waals surface area contributed by atoms with E-state index in [9.17, 15) is 0 Å². The maximum Gasteiger partial charge on any atom is 0.226 e. The molecule has 8 nitrogen and oxygen atoms in total. The van der Waals surface area contributed by atoms with Crippen molar-refractivity contribution in [3.05, 3.63) is 0 Å². The topological polar surface area (TPSA) is 157 Å². The number of anilines is 3. The molecular weight excluding hydrogens is 176 g/mol. The lowest BCUT2D eigenvalue weighted by Crippen LogP contribution is -2.05. The van der Waals surface area contributed by atoms with Crippen molar-refractivity contribution in [1.29, 1.82) is 0 Å². The number of aromatic nitrogens is 3. The van der Waals surface area contributed by atoms with Crippen molar-refractivity contribution < 1.29 is 10.2 Å².